The van der Waals surface area contributed by atoms with E-state index in [4.69, 9.17) is 9.31 Å². The zero-order valence-corrected chi connectivity index (χ0v) is 11.8. The highest BCUT2D eigenvalue weighted by atomic mass is 32.2. The molecule has 1 atom stereocenters. The van der Waals surface area contributed by atoms with Crippen LogP contribution >= 0.6 is 11.9 Å². The van der Waals surface area contributed by atoms with Crippen LogP contribution in [0.5, 0.6) is 0 Å². The molecule has 2 rings (SSSR count). The fourth-order valence-corrected chi connectivity index (χ4v) is 2.10. The summed E-state index contributed by atoms with van der Waals surface area (Å²) in [5, 5.41) is 1.75. The van der Waals surface area contributed by atoms with Crippen molar-refractivity contribution in [3.8, 4) is 0 Å². The molecule has 1 aliphatic rings. The predicted octanol–water partition coefficient (Wildman–Crippen LogP) is 2.80. The molecule has 5 heteroatoms. The Morgan fingerprint density at radius 2 is 2.28 bits per heavy atom. The van der Waals surface area contributed by atoms with E-state index in [9.17, 15) is 0 Å². The second-order valence-electron chi connectivity index (χ2n) is 4.84. The molecule has 1 saturated heterocycles. The SMILES string of the molecule is C=CSNc1cccc(B2OC(C)C(C)(C)O2)c1. The lowest BCUT2D eigenvalue weighted by Crippen LogP contribution is -2.34. The van der Waals surface area contributed by atoms with E-state index in [1.54, 1.807) is 5.41 Å². The maximum absolute atomic E-state index is 5.93. The van der Waals surface area contributed by atoms with Crippen LogP contribution in [0.25, 0.3) is 0 Å². The molecule has 18 heavy (non-hydrogen) atoms. The minimum absolute atomic E-state index is 0.0849. The maximum atomic E-state index is 5.93. The lowest BCUT2D eigenvalue weighted by Gasteiger charge is -2.21. The van der Waals surface area contributed by atoms with Crippen molar-refractivity contribution in [2.75, 3.05) is 4.72 Å². The fraction of sp³-hybridized carbons (Fsp3) is 0.385. The summed E-state index contributed by atoms with van der Waals surface area (Å²) in [6.45, 7) is 9.79. The number of hydrogen-bond acceptors (Lipinski definition) is 4. The quantitative estimate of drug-likeness (QED) is 0.668. The molecule has 1 aliphatic heterocycles. The summed E-state index contributed by atoms with van der Waals surface area (Å²) in [6, 6.07) is 8.05. The third-order valence-electron chi connectivity index (χ3n) is 3.14. The van der Waals surface area contributed by atoms with Crippen molar-refractivity contribution in [2.45, 2.75) is 32.5 Å². The van der Waals surface area contributed by atoms with Gasteiger partial charge in [-0.15, -0.1) is 0 Å². The van der Waals surface area contributed by atoms with Crippen LogP contribution in [0, 0.1) is 0 Å². The molecule has 0 aromatic heterocycles. The summed E-state index contributed by atoms with van der Waals surface area (Å²) >= 11 is 1.45. The van der Waals surface area contributed by atoms with Crippen molar-refractivity contribution in [1.29, 1.82) is 0 Å². The van der Waals surface area contributed by atoms with Gasteiger partial charge in [0.05, 0.1) is 11.7 Å². The van der Waals surface area contributed by atoms with E-state index in [2.05, 4.69) is 11.3 Å². The Balaban J connectivity index is 2.12. The minimum atomic E-state index is -0.287. The van der Waals surface area contributed by atoms with Gasteiger partial charge in [0.25, 0.3) is 0 Å². The zero-order chi connectivity index (χ0) is 13.2. The van der Waals surface area contributed by atoms with Crippen LogP contribution in [-0.2, 0) is 9.31 Å². The smallest absolute Gasteiger partial charge is 0.402 e. The average Bonchev–Trinajstić information content (AvgIpc) is 2.62. The molecule has 0 spiro atoms. The molecule has 0 saturated carbocycles. The van der Waals surface area contributed by atoms with Crippen molar-refractivity contribution < 1.29 is 9.31 Å². The third kappa shape index (κ3) is 2.91. The molecule has 1 unspecified atom stereocenters. The first-order valence-electron chi connectivity index (χ1n) is 5.99. The first kappa shape index (κ1) is 13.5. The van der Waals surface area contributed by atoms with Crippen molar-refractivity contribution in [2.24, 2.45) is 0 Å². The van der Waals surface area contributed by atoms with Gasteiger partial charge < -0.3 is 14.0 Å². The van der Waals surface area contributed by atoms with Gasteiger partial charge in [0.2, 0.25) is 0 Å². The maximum Gasteiger partial charge on any atom is 0.494 e. The first-order chi connectivity index (χ1) is 8.53. The minimum Gasteiger partial charge on any atom is -0.402 e. The highest BCUT2D eigenvalue weighted by Crippen LogP contribution is 2.27. The Hall–Kier alpha value is -0.905. The summed E-state index contributed by atoms with van der Waals surface area (Å²) in [5.74, 6) is 0. The molecule has 0 amide bonds. The van der Waals surface area contributed by atoms with Crippen molar-refractivity contribution in [1.82, 2.24) is 0 Å². The van der Waals surface area contributed by atoms with Gasteiger partial charge in [-0.3, -0.25) is 0 Å². The largest absolute Gasteiger partial charge is 0.494 e. The van der Waals surface area contributed by atoms with E-state index in [-0.39, 0.29) is 18.8 Å². The lowest BCUT2D eigenvalue weighted by molar-refractivity contribution is 0.0842. The Morgan fingerprint density at radius 1 is 1.50 bits per heavy atom. The Kier molecular flexibility index (Phi) is 4.05. The van der Waals surface area contributed by atoms with E-state index < -0.39 is 0 Å². The molecule has 0 radical (unpaired) electrons. The second kappa shape index (κ2) is 5.39. The summed E-state index contributed by atoms with van der Waals surface area (Å²) in [5.41, 5.74) is 1.80. The summed E-state index contributed by atoms with van der Waals surface area (Å²) < 4.78 is 15.0. The number of benzene rings is 1. The monoisotopic (exact) mass is 263 g/mol. The van der Waals surface area contributed by atoms with Crippen LogP contribution in [-0.4, -0.2) is 18.8 Å². The van der Waals surface area contributed by atoms with E-state index in [1.165, 1.54) is 11.9 Å². The molecular formula is C13H18BNO2S. The molecule has 1 aromatic rings. The third-order valence-corrected chi connectivity index (χ3v) is 3.66. The van der Waals surface area contributed by atoms with E-state index in [0.717, 1.165) is 11.2 Å². The normalized spacial score (nSPS) is 21.9. The van der Waals surface area contributed by atoms with E-state index in [1.807, 2.05) is 45.0 Å². The summed E-state index contributed by atoms with van der Waals surface area (Å²) in [6.07, 6.45) is 0.0849. The highest BCUT2D eigenvalue weighted by Gasteiger charge is 2.43. The van der Waals surface area contributed by atoms with Gasteiger partial charge in [-0.1, -0.05) is 18.7 Å². The topological polar surface area (TPSA) is 30.5 Å². The first-order valence-corrected chi connectivity index (χ1v) is 6.87. The molecular weight excluding hydrogens is 245 g/mol. The summed E-state index contributed by atoms with van der Waals surface area (Å²) in [7, 11) is -0.287. The number of nitrogens with one attached hydrogen (secondary N) is 1. The van der Waals surface area contributed by atoms with E-state index in [0.29, 0.717) is 0 Å². The Bertz CT molecular complexity index is 439. The van der Waals surface area contributed by atoms with Gasteiger partial charge in [0.15, 0.2) is 0 Å². The number of anilines is 1. The molecule has 1 heterocycles. The van der Waals surface area contributed by atoms with Gasteiger partial charge in [0.1, 0.15) is 0 Å². The average molecular weight is 263 g/mol. The zero-order valence-electron chi connectivity index (χ0n) is 11.0. The molecule has 96 valence electrons. The lowest BCUT2D eigenvalue weighted by atomic mass is 9.79. The predicted molar refractivity (Wildman–Crippen MR) is 79.0 cm³/mol. The second-order valence-corrected chi connectivity index (χ2v) is 5.62. The van der Waals surface area contributed by atoms with Crippen LogP contribution in [0.15, 0.2) is 36.3 Å². The molecule has 1 N–H and O–H groups in total. The molecule has 1 aromatic carbocycles. The Morgan fingerprint density at radius 3 is 2.89 bits per heavy atom. The van der Waals surface area contributed by atoms with Crippen molar-refractivity contribution in [3.63, 3.8) is 0 Å². The van der Waals surface area contributed by atoms with Gasteiger partial charge in [0, 0.05) is 5.69 Å². The fourth-order valence-electron chi connectivity index (χ4n) is 1.75. The molecule has 0 aliphatic carbocycles. The van der Waals surface area contributed by atoms with Crippen LogP contribution in [0.3, 0.4) is 0 Å². The van der Waals surface area contributed by atoms with Gasteiger partial charge in [-0.05, 0) is 55.7 Å². The molecule has 0 bridgehead atoms. The van der Waals surface area contributed by atoms with Crippen LogP contribution < -0.4 is 10.2 Å². The van der Waals surface area contributed by atoms with E-state index >= 15 is 0 Å². The van der Waals surface area contributed by atoms with Crippen molar-refractivity contribution in [3.05, 3.63) is 36.3 Å². The number of rotatable bonds is 4. The van der Waals surface area contributed by atoms with Crippen molar-refractivity contribution >= 4 is 30.2 Å². The highest BCUT2D eigenvalue weighted by molar-refractivity contribution is 8.03. The van der Waals surface area contributed by atoms with Crippen LogP contribution in [0.4, 0.5) is 5.69 Å². The van der Waals surface area contributed by atoms with Gasteiger partial charge in [-0.2, -0.15) is 0 Å². The Labute approximate surface area is 113 Å². The van der Waals surface area contributed by atoms with Crippen LogP contribution in [0.1, 0.15) is 20.8 Å². The summed E-state index contributed by atoms with van der Waals surface area (Å²) in [4.78, 5) is 0. The van der Waals surface area contributed by atoms with Crippen LogP contribution in [0.2, 0.25) is 0 Å². The van der Waals surface area contributed by atoms with Gasteiger partial charge >= 0.3 is 7.12 Å². The van der Waals surface area contributed by atoms with Gasteiger partial charge in [-0.25, -0.2) is 0 Å². The standard InChI is InChI=1S/C13H18BNO2S/c1-5-18-15-12-8-6-7-11(9-12)14-16-10(2)13(3,4)17-14/h5-10,15H,1H2,2-4H3. The molecule has 3 nitrogen and oxygen atoms in total. The number of hydrogen-bond donors (Lipinski definition) is 1. The molecule has 1 fully saturated rings.